The zero-order valence-electron chi connectivity index (χ0n) is 17.3. The van der Waals surface area contributed by atoms with Gasteiger partial charge in [-0.25, -0.2) is 8.78 Å². The largest absolute Gasteiger partial charge is 0.466 e. The van der Waals surface area contributed by atoms with Crippen molar-refractivity contribution in [2.45, 2.75) is 51.5 Å². The summed E-state index contributed by atoms with van der Waals surface area (Å²) in [6.07, 6.45) is 5.08. The van der Waals surface area contributed by atoms with E-state index in [1.165, 1.54) is 18.2 Å². The summed E-state index contributed by atoms with van der Waals surface area (Å²) >= 11 is 0. The summed E-state index contributed by atoms with van der Waals surface area (Å²) in [5, 5.41) is 6.60. The molecule has 0 saturated carbocycles. The van der Waals surface area contributed by atoms with Crippen molar-refractivity contribution in [3.05, 3.63) is 29.8 Å². The normalized spacial score (nSPS) is 16.8. The number of rotatable bonds is 10. The SMILES string of the molecule is CCOC(=O)CCCCCCNC(=NC)NC1CCN(c2c(F)cccc2F)C1. The molecule has 1 aromatic carbocycles. The Balaban J connectivity index is 1.65. The lowest BCUT2D eigenvalue weighted by molar-refractivity contribution is -0.143. The third-order valence-corrected chi connectivity index (χ3v) is 4.91. The van der Waals surface area contributed by atoms with Crippen molar-refractivity contribution in [2.24, 2.45) is 4.99 Å². The van der Waals surface area contributed by atoms with Gasteiger partial charge in [-0.05, 0) is 38.3 Å². The maximum atomic E-state index is 14.0. The first-order valence-corrected chi connectivity index (χ1v) is 10.4. The number of halogens is 2. The molecule has 1 aromatic rings. The minimum atomic E-state index is -0.531. The Morgan fingerprint density at radius 1 is 1.24 bits per heavy atom. The van der Waals surface area contributed by atoms with Crippen molar-refractivity contribution in [1.29, 1.82) is 0 Å². The maximum absolute atomic E-state index is 14.0. The number of benzene rings is 1. The van der Waals surface area contributed by atoms with Gasteiger partial charge in [0.2, 0.25) is 0 Å². The van der Waals surface area contributed by atoms with E-state index in [1.807, 2.05) is 6.92 Å². The number of ether oxygens (including phenoxy) is 1. The van der Waals surface area contributed by atoms with E-state index in [1.54, 1.807) is 11.9 Å². The van der Waals surface area contributed by atoms with Crippen LogP contribution in [0.5, 0.6) is 0 Å². The molecule has 2 rings (SSSR count). The summed E-state index contributed by atoms with van der Waals surface area (Å²) in [5.41, 5.74) is 0.0440. The molecule has 0 bridgehead atoms. The zero-order chi connectivity index (χ0) is 21.1. The minimum absolute atomic E-state index is 0.0440. The van der Waals surface area contributed by atoms with Gasteiger partial charge in [0, 0.05) is 39.1 Å². The molecule has 29 heavy (non-hydrogen) atoms. The first-order valence-electron chi connectivity index (χ1n) is 10.4. The lowest BCUT2D eigenvalue weighted by Gasteiger charge is -2.21. The maximum Gasteiger partial charge on any atom is 0.305 e. The fourth-order valence-corrected chi connectivity index (χ4v) is 3.45. The summed E-state index contributed by atoms with van der Waals surface area (Å²) in [7, 11) is 1.71. The fourth-order valence-electron chi connectivity index (χ4n) is 3.45. The van der Waals surface area contributed by atoms with E-state index in [9.17, 15) is 13.6 Å². The van der Waals surface area contributed by atoms with Gasteiger partial charge in [-0.2, -0.15) is 0 Å². The zero-order valence-corrected chi connectivity index (χ0v) is 17.3. The molecule has 6 nitrogen and oxygen atoms in total. The highest BCUT2D eigenvalue weighted by Crippen LogP contribution is 2.26. The number of hydrogen-bond donors (Lipinski definition) is 2. The van der Waals surface area contributed by atoms with Gasteiger partial charge in [-0.15, -0.1) is 0 Å². The van der Waals surface area contributed by atoms with Crippen molar-refractivity contribution >= 4 is 17.6 Å². The van der Waals surface area contributed by atoms with Gasteiger partial charge in [0.15, 0.2) is 5.96 Å². The van der Waals surface area contributed by atoms with E-state index in [2.05, 4.69) is 15.6 Å². The van der Waals surface area contributed by atoms with Crippen molar-refractivity contribution in [1.82, 2.24) is 10.6 Å². The van der Waals surface area contributed by atoms with E-state index >= 15 is 0 Å². The van der Waals surface area contributed by atoms with Crippen LogP contribution in [0.2, 0.25) is 0 Å². The number of unbranched alkanes of at least 4 members (excludes halogenated alkanes) is 3. The van der Waals surface area contributed by atoms with Gasteiger partial charge < -0.3 is 20.3 Å². The number of para-hydroxylation sites is 1. The molecule has 0 radical (unpaired) electrons. The quantitative estimate of drug-likeness (QED) is 0.268. The first kappa shape index (κ1) is 22.9. The van der Waals surface area contributed by atoms with E-state index in [-0.39, 0.29) is 17.7 Å². The predicted octanol–water partition coefficient (Wildman–Crippen LogP) is 3.22. The summed E-state index contributed by atoms with van der Waals surface area (Å²) in [6.45, 7) is 4.13. The van der Waals surface area contributed by atoms with Gasteiger partial charge in [0.25, 0.3) is 0 Å². The Kier molecular flexibility index (Phi) is 9.67. The molecular formula is C21H32F2N4O2. The van der Waals surface area contributed by atoms with Gasteiger partial charge >= 0.3 is 5.97 Å². The third-order valence-electron chi connectivity index (χ3n) is 4.91. The summed E-state index contributed by atoms with van der Waals surface area (Å²) < 4.78 is 32.8. The van der Waals surface area contributed by atoms with Crippen LogP contribution in [0.1, 0.15) is 45.4 Å². The average Bonchev–Trinajstić information content (AvgIpc) is 3.14. The third kappa shape index (κ3) is 7.51. The van der Waals surface area contributed by atoms with Crippen LogP contribution >= 0.6 is 0 Å². The van der Waals surface area contributed by atoms with Crippen molar-refractivity contribution in [3.8, 4) is 0 Å². The highest BCUT2D eigenvalue weighted by atomic mass is 19.1. The van der Waals surface area contributed by atoms with E-state index in [4.69, 9.17) is 4.74 Å². The van der Waals surface area contributed by atoms with Crippen LogP contribution < -0.4 is 15.5 Å². The van der Waals surface area contributed by atoms with Gasteiger partial charge in [-0.3, -0.25) is 9.79 Å². The number of nitrogens with one attached hydrogen (secondary N) is 2. The van der Waals surface area contributed by atoms with E-state index in [0.717, 1.165) is 38.6 Å². The highest BCUT2D eigenvalue weighted by Gasteiger charge is 2.27. The molecule has 1 fully saturated rings. The molecule has 1 unspecified atom stereocenters. The summed E-state index contributed by atoms with van der Waals surface area (Å²) in [6, 6.07) is 4.02. The van der Waals surface area contributed by atoms with Crippen LogP contribution in [0.3, 0.4) is 0 Å². The second kappa shape index (κ2) is 12.2. The smallest absolute Gasteiger partial charge is 0.305 e. The molecule has 8 heteroatoms. The van der Waals surface area contributed by atoms with Crippen molar-refractivity contribution in [3.63, 3.8) is 0 Å². The fraction of sp³-hybridized carbons (Fsp3) is 0.619. The second-order valence-electron chi connectivity index (χ2n) is 7.11. The van der Waals surface area contributed by atoms with Gasteiger partial charge in [0.1, 0.15) is 17.3 Å². The minimum Gasteiger partial charge on any atom is -0.466 e. The number of hydrogen-bond acceptors (Lipinski definition) is 4. The lowest BCUT2D eigenvalue weighted by atomic mass is 10.1. The molecule has 1 saturated heterocycles. The second-order valence-corrected chi connectivity index (χ2v) is 7.11. The average molecular weight is 411 g/mol. The Hall–Kier alpha value is -2.38. The number of guanidine groups is 1. The summed E-state index contributed by atoms with van der Waals surface area (Å²) in [4.78, 5) is 17.2. The van der Waals surface area contributed by atoms with Gasteiger partial charge in [-0.1, -0.05) is 18.9 Å². The standard InChI is InChI=1S/C21H32F2N4O2/c1-3-29-19(28)11-6-4-5-7-13-25-21(24-2)26-16-12-14-27(15-16)20-17(22)9-8-10-18(20)23/h8-10,16H,3-7,11-15H2,1-2H3,(H2,24,25,26). The van der Waals surface area contributed by atoms with E-state index in [0.29, 0.717) is 32.1 Å². The molecular weight excluding hydrogens is 378 g/mol. The number of esters is 1. The Morgan fingerprint density at radius 3 is 2.66 bits per heavy atom. The Morgan fingerprint density at radius 2 is 1.97 bits per heavy atom. The van der Waals surface area contributed by atoms with Gasteiger partial charge in [0.05, 0.1) is 6.61 Å². The van der Waals surface area contributed by atoms with Crippen molar-refractivity contribution in [2.75, 3.05) is 38.2 Å². The number of anilines is 1. The molecule has 1 aliphatic heterocycles. The Labute approximate surface area is 171 Å². The van der Waals surface area contributed by atoms with Crippen LogP contribution in [0.15, 0.2) is 23.2 Å². The van der Waals surface area contributed by atoms with Crippen LogP contribution in [0.25, 0.3) is 0 Å². The molecule has 162 valence electrons. The predicted molar refractivity (Wildman–Crippen MR) is 111 cm³/mol. The molecule has 0 aliphatic carbocycles. The first-order chi connectivity index (χ1) is 14.0. The van der Waals surface area contributed by atoms with Crippen molar-refractivity contribution < 1.29 is 18.3 Å². The van der Waals surface area contributed by atoms with Crippen LogP contribution in [0.4, 0.5) is 14.5 Å². The molecule has 1 aliphatic rings. The van der Waals surface area contributed by atoms with Crippen LogP contribution in [-0.4, -0.2) is 51.3 Å². The molecule has 0 spiro atoms. The lowest BCUT2D eigenvalue weighted by Crippen LogP contribution is -2.45. The molecule has 0 amide bonds. The molecule has 0 aromatic heterocycles. The molecule has 1 atom stereocenters. The van der Waals surface area contributed by atoms with Crippen LogP contribution in [0, 0.1) is 11.6 Å². The monoisotopic (exact) mass is 410 g/mol. The molecule has 1 heterocycles. The number of carbonyl (C=O) groups is 1. The number of nitrogens with zero attached hydrogens (tertiary/aromatic N) is 2. The number of carbonyl (C=O) groups excluding carboxylic acids is 1. The van der Waals surface area contributed by atoms with E-state index < -0.39 is 11.6 Å². The Bertz CT molecular complexity index is 664. The highest BCUT2D eigenvalue weighted by molar-refractivity contribution is 5.80. The van der Waals surface area contributed by atoms with Crippen LogP contribution in [-0.2, 0) is 9.53 Å². The topological polar surface area (TPSA) is 66.0 Å². The molecule has 2 N–H and O–H groups in total. The number of aliphatic imine (C=N–C) groups is 1. The summed E-state index contributed by atoms with van der Waals surface area (Å²) in [5.74, 6) is -0.499.